The molecule has 0 radical (unpaired) electrons. The van der Waals surface area contributed by atoms with E-state index in [-0.39, 0.29) is 17.9 Å². The van der Waals surface area contributed by atoms with Gasteiger partial charge < -0.3 is 9.64 Å². The van der Waals surface area contributed by atoms with Gasteiger partial charge in [0.25, 0.3) is 0 Å². The van der Waals surface area contributed by atoms with E-state index in [1.54, 1.807) is 31.3 Å². The Morgan fingerprint density at radius 3 is 2.72 bits per heavy atom. The van der Waals surface area contributed by atoms with Crippen LogP contribution >= 0.6 is 11.6 Å². The number of pyridine rings is 1. The summed E-state index contributed by atoms with van der Waals surface area (Å²) >= 11 is 5.75. The lowest BCUT2D eigenvalue weighted by Crippen LogP contribution is -2.35. The number of hydrogen-bond acceptors (Lipinski definition) is 3. The third kappa shape index (κ3) is 3.00. The summed E-state index contributed by atoms with van der Waals surface area (Å²) < 4.78 is 5.76. The third-order valence-corrected chi connectivity index (χ3v) is 3.41. The Labute approximate surface area is 112 Å². The fourth-order valence-electron chi connectivity index (χ4n) is 2.15. The molecule has 1 saturated heterocycles. The smallest absolute Gasteiger partial charge is 0.227 e. The van der Waals surface area contributed by atoms with E-state index >= 15 is 0 Å². The minimum absolute atomic E-state index is 0.0171. The lowest BCUT2D eigenvalue weighted by molar-refractivity contribution is -0.139. The van der Waals surface area contributed by atoms with Crippen LogP contribution in [0.5, 0.6) is 0 Å². The molecule has 2 atom stereocenters. The first-order valence-electron chi connectivity index (χ1n) is 6.02. The quantitative estimate of drug-likeness (QED) is 0.773. The number of halogens is 1. The Hall–Kier alpha value is -1.13. The summed E-state index contributed by atoms with van der Waals surface area (Å²) in [6.45, 7) is 0.476. The molecule has 0 spiro atoms. The summed E-state index contributed by atoms with van der Waals surface area (Å²) in [4.78, 5) is 17.5. The number of rotatable bonds is 2. The zero-order valence-corrected chi connectivity index (χ0v) is 11.4. The van der Waals surface area contributed by atoms with Gasteiger partial charge in [0.1, 0.15) is 5.15 Å². The second kappa shape index (κ2) is 5.67. The number of carbonyl (C=O) groups excluding carboxylic acids is 1. The number of aromatic nitrogens is 1. The van der Waals surface area contributed by atoms with Crippen molar-refractivity contribution in [2.24, 2.45) is 5.92 Å². The van der Waals surface area contributed by atoms with Crippen molar-refractivity contribution >= 4 is 17.5 Å². The summed E-state index contributed by atoms with van der Waals surface area (Å²) in [5, 5.41) is 0.482. The molecule has 1 amide bonds. The molecular weight excluding hydrogens is 252 g/mol. The Morgan fingerprint density at radius 2 is 2.22 bits per heavy atom. The van der Waals surface area contributed by atoms with Gasteiger partial charge in [-0.15, -0.1) is 0 Å². The number of nitrogens with zero attached hydrogens (tertiary/aromatic N) is 2. The van der Waals surface area contributed by atoms with E-state index in [4.69, 9.17) is 16.3 Å². The molecule has 4 nitrogen and oxygen atoms in total. The van der Waals surface area contributed by atoms with E-state index in [0.29, 0.717) is 11.8 Å². The predicted molar refractivity (Wildman–Crippen MR) is 69.4 cm³/mol. The van der Waals surface area contributed by atoms with Crippen LogP contribution in [0.2, 0.25) is 5.15 Å². The van der Waals surface area contributed by atoms with Crippen molar-refractivity contribution in [1.82, 2.24) is 9.88 Å². The molecular formula is C13H17ClN2O2. The largest absolute Gasteiger partial charge is 0.373 e. The molecule has 0 N–H and O–H groups in total. The maximum absolute atomic E-state index is 11.8. The molecule has 1 fully saturated rings. The normalized spacial score (nSPS) is 23.7. The van der Waals surface area contributed by atoms with Crippen LogP contribution in [0, 0.1) is 5.92 Å². The van der Waals surface area contributed by atoms with Crippen molar-refractivity contribution in [1.29, 1.82) is 0 Å². The highest BCUT2D eigenvalue weighted by molar-refractivity contribution is 6.29. The van der Waals surface area contributed by atoms with Crippen LogP contribution in [0.4, 0.5) is 0 Å². The average molecular weight is 269 g/mol. The van der Waals surface area contributed by atoms with Gasteiger partial charge in [-0.3, -0.25) is 4.79 Å². The van der Waals surface area contributed by atoms with E-state index < -0.39 is 0 Å². The highest BCUT2D eigenvalue weighted by Crippen LogP contribution is 2.31. The van der Waals surface area contributed by atoms with Crippen LogP contribution in [0.25, 0.3) is 0 Å². The zero-order valence-electron chi connectivity index (χ0n) is 10.6. The van der Waals surface area contributed by atoms with Crippen molar-refractivity contribution in [3.63, 3.8) is 0 Å². The van der Waals surface area contributed by atoms with Crippen LogP contribution in [-0.2, 0) is 9.53 Å². The van der Waals surface area contributed by atoms with Crippen molar-refractivity contribution in [2.75, 3.05) is 20.7 Å². The third-order valence-electron chi connectivity index (χ3n) is 3.19. The molecule has 5 heteroatoms. The number of carbonyl (C=O) groups is 1. The van der Waals surface area contributed by atoms with Gasteiger partial charge in [-0.2, -0.15) is 0 Å². The van der Waals surface area contributed by atoms with Crippen LogP contribution in [-0.4, -0.2) is 36.5 Å². The van der Waals surface area contributed by atoms with Crippen LogP contribution in [0.15, 0.2) is 18.3 Å². The van der Waals surface area contributed by atoms with Gasteiger partial charge in [-0.25, -0.2) is 4.98 Å². The minimum Gasteiger partial charge on any atom is -0.373 e. The lowest BCUT2D eigenvalue weighted by Gasteiger charge is -2.29. The maximum atomic E-state index is 11.8. The highest BCUT2D eigenvalue weighted by atomic mass is 35.5. The zero-order chi connectivity index (χ0) is 13.1. The van der Waals surface area contributed by atoms with E-state index in [9.17, 15) is 4.79 Å². The Bertz CT molecular complexity index is 412. The monoisotopic (exact) mass is 268 g/mol. The lowest BCUT2D eigenvalue weighted by atomic mass is 9.94. The molecule has 0 unspecified atom stereocenters. The van der Waals surface area contributed by atoms with E-state index in [1.807, 2.05) is 6.07 Å². The molecule has 1 aliphatic rings. The van der Waals surface area contributed by atoms with Crippen LogP contribution < -0.4 is 0 Å². The highest BCUT2D eigenvalue weighted by Gasteiger charge is 2.28. The van der Waals surface area contributed by atoms with Gasteiger partial charge >= 0.3 is 0 Å². The van der Waals surface area contributed by atoms with Crippen molar-refractivity contribution in [3.8, 4) is 0 Å². The Balaban J connectivity index is 1.94. The van der Waals surface area contributed by atoms with Gasteiger partial charge in [0, 0.05) is 20.3 Å². The van der Waals surface area contributed by atoms with E-state index in [1.165, 1.54) is 0 Å². The van der Waals surface area contributed by atoms with Gasteiger partial charge in [-0.1, -0.05) is 17.7 Å². The minimum atomic E-state index is -0.0171. The fraction of sp³-hybridized carbons (Fsp3) is 0.538. The molecule has 18 heavy (non-hydrogen) atoms. The molecule has 0 bridgehead atoms. The molecule has 1 aromatic heterocycles. The molecule has 1 aliphatic heterocycles. The van der Waals surface area contributed by atoms with Gasteiger partial charge in [-0.05, 0) is 24.5 Å². The number of amides is 1. The standard InChI is InChI=1S/C13H17ClN2O2/c1-16(2)13(17)10-3-5-11(18-8-10)9-4-6-12(14)15-7-9/h4,6-7,10-11H,3,5,8H2,1-2H3/t10-,11+/m1/s1. The van der Waals surface area contributed by atoms with Gasteiger partial charge in [0.2, 0.25) is 5.91 Å². The predicted octanol–water partition coefficient (Wildman–Crippen LogP) is 2.29. The van der Waals surface area contributed by atoms with Crippen LogP contribution in [0.3, 0.4) is 0 Å². The maximum Gasteiger partial charge on any atom is 0.227 e. The second-order valence-electron chi connectivity index (χ2n) is 4.74. The van der Waals surface area contributed by atoms with E-state index in [2.05, 4.69) is 4.98 Å². The summed E-state index contributed by atoms with van der Waals surface area (Å²) in [6.07, 6.45) is 3.46. The van der Waals surface area contributed by atoms with E-state index in [0.717, 1.165) is 18.4 Å². The summed E-state index contributed by atoms with van der Waals surface area (Å²) in [5.74, 6) is 0.124. The summed E-state index contributed by atoms with van der Waals surface area (Å²) in [5.41, 5.74) is 1.02. The molecule has 2 rings (SSSR count). The average Bonchev–Trinajstić information content (AvgIpc) is 2.39. The molecule has 98 valence electrons. The first kappa shape index (κ1) is 13.3. The molecule has 1 aromatic rings. The first-order valence-corrected chi connectivity index (χ1v) is 6.40. The topological polar surface area (TPSA) is 42.4 Å². The van der Waals surface area contributed by atoms with Crippen molar-refractivity contribution < 1.29 is 9.53 Å². The molecule has 0 saturated carbocycles. The number of ether oxygens (including phenoxy) is 1. The van der Waals surface area contributed by atoms with Crippen molar-refractivity contribution in [3.05, 3.63) is 29.0 Å². The fourth-order valence-corrected chi connectivity index (χ4v) is 2.26. The molecule has 0 aliphatic carbocycles. The molecule has 0 aromatic carbocycles. The summed E-state index contributed by atoms with van der Waals surface area (Å²) in [6, 6.07) is 3.69. The number of hydrogen-bond donors (Lipinski definition) is 0. The van der Waals surface area contributed by atoms with Gasteiger partial charge in [0.15, 0.2) is 0 Å². The second-order valence-corrected chi connectivity index (χ2v) is 5.13. The van der Waals surface area contributed by atoms with Crippen LogP contribution in [0.1, 0.15) is 24.5 Å². The van der Waals surface area contributed by atoms with Crippen molar-refractivity contribution in [2.45, 2.75) is 18.9 Å². The van der Waals surface area contributed by atoms with Gasteiger partial charge in [0.05, 0.1) is 18.6 Å². The summed E-state index contributed by atoms with van der Waals surface area (Å²) in [7, 11) is 3.55. The molecule has 2 heterocycles. The Morgan fingerprint density at radius 1 is 1.44 bits per heavy atom. The Kier molecular flexibility index (Phi) is 4.19. The first-order chi connectivity index (χ1) is 8.58. The SMILES string of the molecule is CN(C)C(=O)[C@@H]1CC[C@@H](c2ccc(Cl)nc2)OC1.